The van der Waals surface area contributed by atoms with Crippen molar-refractivity contribution in [1.82, 2.24) is 5.16 Å². The summed E-state index contributed by atoms with van der Waals surface area (Å²) in [5, 5.41) is 6.37. The van der Waals surface area contributed by atoms with E-state index in [1.165, 1.54) is 13.2 Å². The Morgan fingerprint density at radius 1 is 1.30 bits per heavy atom. The van der Waals surface area contributed by atoms with Crippen LogP contribution in [0.15, 0.2) is 28.8 Å². The number of rotatable bonds is 3. The summed E-state index contributed by atoms with van der Waals surface area (Å²) in [6.45, 7) is 3.49. The van der Waals surface area contributed by atoms with Gasteiger partial charge in [-0.1, -0.05) is 11.2 Å². The molecule has 0 radical (unpaired) electrons. The van der Waals surface area contributed by atoms with E-state index in [1.54, 1.807) is 32.0 Å². The molecular weight excluding hydrogens is 260 g/mol. The zero-order valence-electron chi connectivity index (χ0n) is 11.4. The highest BCUT2D eigenvalue weighted by molar-refractivity contribution is 6.04. The van der Waals surface area contributed by atoms with Crippen molar-refractivity contribution >= 4 is 17.6 Å². The van der Waals surface area contributed by atoms with E-state index in [-0.39, 0.29) is 11.6 Å². The monoisotopic (exact) mass is 274 g/mol. The molecule has 0 aliphatic carbocycles. The lowest BCUT2D eigenvalue weighted by Gasteiger charge is -2.05. The molecule has 2 aromatic rings. The van der Waals surface area contributed by atoms with Crippen molar-refractivity contribution in [2.45, 2.75) is 13.8 Å². The van der Waals surface area contributed by atoms with Gasteiger partial charge in [-0.3, -0.25) is 4.79 Å². The van der Waals surface area contributed by atoms with Crippen molar-refractivity contribution in [2.24, 2.45) is 0 Å². The second-order valence-corrected chi connectivity index (χ2v) is 4.24. The molecule has 1 N–H and O–H groups in total. The quantitative estimate of drug-likeness (QED) is 0.869. The van der Waals surface area contributed by atoms with Crippen LogP contribution in [0.3, 0.4) is 0 Å². The number of esters is 1. The largest absolute Gasteiger partial charge is 0.465 e. The molecule has 6 heteroatoms. The van der Waals surface area contributed by atoms with Crippen molar-refractivity contribution in [3.05, 3.63) is 46.8 Å². The molecule has 0 fully saturated rings. The average molecular weight is 274 g/mol. The van der Waals surface area contributed by atoms with E-state index in [1.807, 2.05) is 0 Å². The predicted octanol–water partition coefficient (Wildman–Crippen LogP) is 2.33. The molecule has 0 aliphatic rings. The number of benzene rings is 1. The van der Waals surface area contributed by atoms with Crippen LogP contribution in [0, 0.1) is 13.8 Å². The summed E-state index contributed by atoms with van der Waals surface area (Å²) in [7, 11) is 1.30. The number of nitrogens with zero attached hydrogens (tertiary/aromatic N) is 1. The van der Waals surface area contributed by atoms with Crippen LogP contribution in [0.4, 0.5) is 5.69 Å². The van der Waals surface area contributed by atoms with Crippen molar-refractivity contribution < 1.29 is 18.8 Å². The second-order valence-electron chi connectivity index (χ2n) is 4.24. The lowest BCUT2D eigenvalue weighted by molar-refractivity contribution is 0.0600. The summed E-state index contributed by atoms with van der Waals surface area (Å²) in [6, 6.07) is 6.47. The summed E-state index contributed by atoms with van der Waals surface area (Å²) in [4.78, 5) is 23.5. The third-order valence-corrected chi connectivity index (χ3v) is 2.91. The van der Waals surface area contributed by atoms with Crippen LogP contribution in [-0.2, 0) is 4.74 Å². The Hall–Kier alpha value is -2.63. The fraction of sp³-hybridized carbons (Fsp3) is 0.214. The molecule has 1 aromatic heterocycles. The van der Waals surface area contributed by atoms with Crippen LogP contribution in [0.1, 0.15) is 32.2 Å². The Kier molecular flexibility index (Phi) is 3.84. The number of carbonyl (C=O) groups is 2. The molecule has 20 heavy (non-hydrogen) atoms. The van der Waals surface area contributed by atoms with Gasteiger partial charge < -0.3 is 14.6 Å². The number of ether oxygens (including phenoxy) is 1. The highest BCUT2D eigenvalue weighted by Gasteiger charge is 2.17. The minimum Gasteiger partial charge on any atom is -0.465 e. The molecule has 1 amide bonds. The van der Waals surface area contributed by atoms with E-state index >= 15 is 0 Å². The number of aryl methyl sites for hydroxylation is 1. The lowest BCUT2D eigenvalue weighted by atomic mass is 10.2. The van der Waals surface area contributed by atoms with Gasteiger partial charge in [0.1, 0.15) is 5.76 Å². The van der Waals surface area contributed by atoms with E-state index < -0.39 is 5.97 Å². The topological polar surface area (TPSA) is 81.4 Å². The molecule has 0 bridgehead atoms. The van der Waals surface area contributed by atoms with Crippen molar-refractivity contribution in [2.75, 3.05) is 12.4 Å². The normalized spacial score (nSPS) is 10.2. The Bertz CT molecular complexity index is 661. The molecule has 104 valence electrons. The number of carbonyl (C=O) groups excluding carboxylic acids is 2. The number of hydrogen-bond donors (Lipinski definition) is 1. The van der Waals surface area contributed by atoms with Crippen molar-refractivity contribution in [3.63, 3.8) is 0 Å². The number of aromatic nitrogens is 1. The highest BCUT2D eigenvalue weighted by Crippen LogP contribution is 2.16. The number of hydrogen-bond acceptors (Lipinski definition) is 5. The molecule has 0 unspecified atom stereocenters. The van der Waals surface area contributed by atoms with Crippen molar-refractivity contribution in [1.29, 1.82) is 0 Å². The van der Waals surface area contributed by atoms with Crippen LogP contribution in [0.2, 0.25) is 0 Å². The summed E-state index contributed by atoms with van der Waals surface area (Å²) in [5.41, 5.74) is 1.76. The van der Waals surface area contributed by atoms with E-state index in [0.717, 1.165) is 0 Å². The van der Waals surface area contributed by atoms with Gasteiger partial charge in [0.25, 0.3) is 5.91 Å². The molecular formula is C14H14N2O4. The molecule has 0 atom stereocenters. The van der Waals surface area contributed by atoms with Crippen LogP contribution in [0.25, 0.3) is 0 Å². The first-order valence-electron chi connectivity index (χ1n) is 5.95. The molecule has 0 aliphatic heterocycles. The first-order chi connectivity index (χ1) is 9.52. The van der Waals surface area contributed by atoms with Gasteiger partial charge in [0, 0.05) is 11.3 Å². The van der Waals surface area contributed by atoms with Gasteiger partial charge in [-0.2, -0.15) is 0 Å². The Labute approximate surface area is 115 Å². The molecule has 1 aromatic carbocycles. The van der Waals surface area contributed by atoms with Gasteiger partial charge in [0.15, 0.2) is 5.69 Å². The third-order valence-electron chi connectivity index (χ3n) is 2.91. The maximum absolute atomic E-state index is 12.0. The minimum absolute atomic E-state index is 0.228. The van der Waals surface area contributed by atoms with Crippen LogP contribution in [-0.4, -0.2) is 24.1 Å². The van der Waals surface area contributed by atoms with E-state index in [2.05, 4.69) is 15.2 Å². The first-order valence-corrected chi connectivity index (χ1v) is 5.95. The Morgan fingerprint density at radius 2 is 2.05 bits per heavy atom. The number of amides is 1. The SMILES string of the molecule is COC(=O)c1cccc(NC(=O)c2noc(C)c2C)c1. The zero-order chi connectivity index (χ0) is 14.7. The summed E-state index contributed by atoms with van der Waals surface area (Å²) in [5.74, 6) is -0.255. The molecule has 2 rings (SSSR count). The number of methoxy groups -OCH3 is 1. The number of nitrogens with one attached hydrogen (secondary N) is 1. The standard InChI is InChI=1S/C14H14N2O4/c1-8-9(2)20-16-12(8)13(17)15-11-6-4-5-10(7-11)14(18)19-3/h4-7H,1-3H3,(H,15,17). The fourth-order valence-corrected chi connectivity index (χ4v) is 1.66. The molecule has 1 heterocycles. The minimum atomic E-state index is -0.463. The average Bonchev–Trinajstić information content (AvgIpc) is 2.78. The summed E-state index contributed by atoms with van der Waals surface area (Å²) < 4.78 is 9.57. The first kappa shape index (κ1) is 13.8. The lowest BCUT2D eigenvalue weighted by Crippen LogP contribution is -2.14. The van der Waals surface area contributed by atoms with Gasteiger partial charge in [-0.05, 0) is 32.0 Å². The summed E-state index contributed by atoms with van der Waals surface area (Å²) in [6.07, 6.45) is 0. The Balaban J connectivity index is 2.20. The maximum Gasteiger partial charge on any atom is 0.337 e. The van der Waals surface area contributed by atoms with Crippen LogP contribution >= 0.6 is 0 Å². The second kappa shape index (κ2) is 5.56. The fourth-order valence-electron chi connectivity index (χ4n) is 1.66. The van der Waals surface area contributed by atoms with Gasteiger partial charge in [-0.25, -0.2) is 4.79 Å². The van der Waals surface area contributed by atoms with E-state index in [4.69, 9.17) is 4.52 Å². The molecule has 0 spiro atoms. The summed E-state index contributed by atoms with van der Waals surface area (Å²) >= 11 is 0. The predicted molar refractivity (Wildman–Crippen MR) is 71.7 cm³/mol. The third kappa shape index (κ3) is 2.69. The van der Waals surface area contributed by atoms with Crippen LogP contribution in [0.5, 0.6) is 0 Å². The molecule has 0 saturated carbocycles. The molecule has 6 nitrogen and oxygen atoms in total. The van der Waals surface area contributed by atoms with Gasteiger partial charge in [0.2, 0.25) is 0 Å². The van der Waals surface area contributed by atoms with E-state index in [0.29, 0.717) is 22.6 Å². The van der Waals surface area contributed by atoms with Gasteiger partial charge in [-0.15, -0.1) is 0 Å². The van der Waals surface area contributed by atoms with Gasteiger partial charge in [0.05, 0.1) is 12.7 Å². The molecule has 0 saturated heterocycles. The van der Waals surface area contributed by atoms with E-state index in [9.17, 15) is 9.59 Å². The smallest absolute Gasteiger partial charge is 0.337 e. The van der Waals surface area contributed by atoms with Gasteiger partial charge >= 0.3 is 5.97 Å². The van der Waals surface area contributed by atoms with Crippen molar-refractivity contribution in [3.8, 4) is 0 Å². The van der Waals surface area contributed by atoms with Crippen LogP contribution < -0.4 is 5.32 Å². The maximum atomic E-state index is 12.0. The Morgan fingerprint density at radius 3 is 2.65 bits per heavy atom. The zero-order valence-corrected chi connectivity index (χ0v) is 11.4. The highest BCUT2D eigenvalue weighted by atomic mass is 16.5. The number of anilines is 1.